The van der Waals surface area contributed by atoms with Gasteiger partial charge in [0.15, 0.2) is 5.82 Å². The highest BCUT2D eigenvalue weighted by atomic mass is 32.1. The number of ether oxygens (including phenoxy) is 1. The zero-order valence-electron chi connectivity index (χ0n) is 14.7. The van der Waals surface area contributed by atoms with Crippen molar-refractivity contribution in [3.8, 4) is 16.5 Å². The summed E-state index contributed by atoms with van der Waals surface area (Å²) in [5.41, 5.74) is 2.74. The van der Waals surface area contributed by atoms with Gasteiger partial charge in [-0.2, -0.15) is 0 Å². The standard InChI is InChI=1S/C19H19N3O3S/c1-4-13-11(2)20-18(16-6-5-9-26-16)22-17(13)21-14-8-7-12(19(23)24)10-15(14)25-3/h5-10H,4H2,1-3H3,(H,23,24)(H,20,21,22). The summed E-state index contributed by atoms with van der Waals surface area (Å²) < 4.78 is 5.35. The number of aromatic carboxylic acids is 1. The van der Waals surface area contributed by atoms with Crippen molar-refractivity contribution in [2.24, 2.45) is 0 Å². The topological polar surface area (TPSA) is 84.3 Å². The fourth-order valence-corrected chi connectivity index (χ4v) is 3.35. The molecule has 0 unspecified atom stereocenters. The first-order valence-electron chi connectivity index (χ1n) is 8.13. The van der Waals surface area contributed by atoms with Crippen molar-refractivity contribution in [2.45, 2.75) is 20.3 Å². The highest BCUT2D eigenvalue weighted by Crippen LogP contribution is 2.32. The van der Waals surface area contributed by atoms with Crippen molar-refractivity contribution in [2.75, 3.05) is 12.4 Å². The minimum atomic E-state index is -0.998. The number of carbonyl (C=O) groups is 1. The van der Waals surface area contributed by atoms with E-state index in [2.05, 4.69) is 10.3 Å². The number of hydrogen-bond donors (Lipinski definition) is 2. The van der Waals surface area contributed by atoms with E-state index < -0.39 is 5.97 Å². The molecule has 2 N–H and O–H groups in total. The molecule has 3 aromatic rings. The molecule has 0 bridgehead atoms. The molecule has 0 aliphatic rings. The lowest BCUT2D eigenvalue weighted by molar-refractivity contribution is 0.0696. The summed E-state index contributed by atoms with van der Waals surface area (Å²) in [4.78, 5) is 21.5. The third-order valence-electron chi connectivity index (χ3n) is 4.01. The second-order valence-corrected chi connectivity index (χ2v) is 6.58. The van der Waals surface area contributed by atoms with Crippen LogP contribution in [0.15, 0.2) is 35.7 Å². The maximum atomic E-state index is 11.2. The normalized spacial score (nSPS) is 10.6. The molecule has 2 heterocycles. The summed E-state index contributed by atoms with van der Waals surface area (Å²) in [7, 11) is 1.51. The number of methoxy groups -OCH3 is 1. The number of aromatic nitrogens is 2. The Morgan fingerprint density at radius 1 is 1.31 bits per heavy atom. The van der Waals surface area contributed by atoms with Gasteiger partial charge in [0.05, 0.1) is 23.2 Å². The van der Waals surface area contributed by atoms with Crippen LogP contribution < -0.4 is 10.1 Å². The minimum absolute atomic E-state index is 0.168. The van der Waals surface area contributed by atoms with Crippen LogP contribution in [0.25, 0.3) is 10.7 Å². The van der Waals surface area contributed by atoms with E-state index in [9.17, 15) is 4.79 Å². The minimum Gasteiger partial charge on any atom is -0.495 e. The maximum Gasteiger partial charge on any atom is 0.335 e. The highest BCUT2D eigenvalue weighted by molar-refractivity contribution is 7.13. The van der Waals surface area contributed by atoms with Crippen LogP contribution in [-0.2, 0) is 6.42 Å². The van der Waals surface area contributed by atoms with Crippen LogP contribution in [0.2, 0.25) is 0 Å². The number of aryl methyl sites for hydroxylation is 1. The molecule has 0 aliphatic heterocycles. The summed E-state index contributed by atoms with van der Waals surface area (Å²) in [5.74, 6) is 0.811. The molecule has 0 saturated carbocycles. The fourth-order valence-electron chi connectivity index (χ4n) is 2.69. The van der Waals surface area contributed by atoms with Crippen LogP contribution in [0.4, 0.5) is 11.5 Å². The van der Waals surface area contributed by atoms with Gasteiger partial charge in [-0.05, 0) is 43.0 Å². The van der Waals surface area contributed by atoms with Gasteiger partial charge < -0.3 is 15.2 Å². The van der Waals surface area contributed by atoms with E-state index >= 15 is 0 Å². The number of hydrogen-bond acceptors (Lipinski definition) is 6. The van der Waals surface area contributed by atoms with Crippen molar-refractivity contribution in [3.05, 3.63) is 52.5 Å². The van der Waals surface area contributed by atoms with Crippen LogP contribution in [0.3, 0.4) is 0 Å². The zero-order valence-corrected chi connectivity index (χ0v) is 15.6. The smallest absolute Gasteiger partial charge is 0.335 e. The SMILES string of the molecule is CCc1c(C)nc(-c2cccs2)nc1Nc1ccc(C(=O)O)cc1OC. The van der Waals surface area contributed by atoms with Gasteiger partial charge in [0.1, 0.15) is 11.6 Å². The summed E-state index contributed by atoms with van der Waals surface area (Å²) in [6, 6.07) is 8.66. The average Bonchev–Trinajstić information content (AvgIpc) is 3.16. The summed E-state index contributed by atoms with van der Waals surface area (Å²) in [6.07, 6.45) is 0.772. The van der Waals surface area contributed by atoms with Gasteiger partial charge in [0.25, 0.3) is 0 Å². The van der Waals surface area contributed by atoms with Crippen molar-refractivity contribution in [3.63, 3.8) is 0 Å². The van der Waals surface area contributed by atoms with Gasteiger partial charge in [0, 0.05) is 11.3 Å². The van der Waals surface area contributed by atoms with E-state index in [1.165, 1.54) is 19.2 Å². The quantitative estimate of drug-likeness (QED) is 0.664. The van der Waals surface area contributed by atoms with Crippen molar-refractivity contribution in [1.29, 1.82) is 0 Å². The number of carboxylic acids is 1. The molecule has 0 aliphatic carbocycles. The Morgan fingerprint density at radius 2 is 2.12 bits per heavy atom. The summed E-state index contributed by atoms with van der Waals surface area (Å²) in [5, 5.41) is 14.4. The number of anilines is 2. The molecular formula is C19H19N3O3S. The lowest BCUT2D eigenvalue weighted by atomic mass is 10.1. The van der Waals surface area contributed by atoms with Crippen LogP contribution >= 0.6 is 11.3 Å². The zero-order chi connectivity index (χ0) is 18.7. The number of rotatable bonds is 6. The molecule has 1 aromatic carbocycles. The fraction of sp³-hybridized carbons (Fsp3) is 0.211. The van der Waals surface area contributed by atoms with E-state index in [-0.39, 0.29) is 5.56 Å². The summed E-state index contributed by atoms with van der Waals surface area (Å²) >= 11 is 1.58. The van der Waals surface area contributed by atoms with Gasteiger partial charge in [0.2, 0.25) is 0 Å². The maximum absolute atomic E-state index is 11.2. The van der Waals surface area contributed by atoms with Crippen LogP contribution in [-0.4, -0.2) is 28.2 Å². The Labute approximate surface area is 155 Å². The van der Waals surface area contributed by atoms with Crippen molar-refractivity contribution >= 4 is 28.8 Å². The Morgan fingerprint density at radius 3 is 2.73 bits per heavy atom. The third kappa shape index (κ3) is 3.52. The monoisotopic (exact) mass is 369 g/mol. The summed E-state index contributed by atoms with van der Waals surface area (Å²) in [6.45, 7) is 4.01. The van der Waals surface area contributed by atoms with Crippen molar-refractivity contribution < 1.29 is 14.6 Å². The van der Waals surface area contributed by atoms with Crippen LogP contribution in [0.1, 0.15) is 28.5 Å². The van der Waals surface area contributed by atoms with Gasteiger partial charge in [-0.15, -0.1) is 11.3 Å². The first kappa shape index (κ1) is 17.9. The van der Waals surface area contributed by atoms with Gasteiger partial charge in [-0.25, -0.2) is 14.8 Å². The van der Waals surface area contributed by atoms with Gasteiger partial charge >= 0.3 is 5.97 Å². The molecule has 0 amide bonds. The van der Waals surface area contributed by atoms with Gasteiger partial charge in [-0.1, -0.05) is 13.0 Å². The number of nitrogens with zero attached hydrogens (tertiary/aromatic N) is 2. The Hall–Kier alpha value is -2.93. The number of carboxylic acid groups (broad SMARTS) is 1. The molecule has 0 radical (unpaired) electrons. The number of benzene rings is 1. The molecule has 0 atom stereocenters. The van der Waals surface area contributed by atoms with Gasteiger partial charge in [-0.3, -0.25) is 0 Å². The lowest BCUT2D eigenvalue weighted by Gasteiger charge is -2.16. The molecule has 6 nitrogen and oxygen atoms in total. The molecule has 3 rings (SSSR count). The highest BCUT2D eigenvalue weighted by Gasteiger charge is 2.15. The molecule has 2 aromatic heterocycles. The van der Waals surface area contributed by atoms with E-state index in [4.69, 9.17) is 14.8 Å². The van der Waals surface area contributed by atoms with E-state index in [0.717, 1.165) is 22.6 Å². The van der Waals surface area contributed by atoms with E-state index in [1.807, 2.05) is 31.4 Å². The number of nitrogens with one attached hydrogen (secondary N) is 1. The Bertz CT molecular complexity index is 939. The largest absolute Gasteiger partial charge is 0.495 e. The molecular weight excluding hydrogens is 350 g/mol. The Kier molecular flexibility index (Phi) is 5.18. The predicted octanol–water partition coefficient (Wildman–Crippen LogP) is 4.53. The average molecular weight is 369 g/mol. The van der Waals surface area contributed by atoms with E-state index in [0.29, 0.717) is 23.1 Å². The Balaban J connectivity index is 2.05. The number of thiophene rings is 1. The second kappa shape index (κ2) is 7.53. The third-order valence-corrected chi connectivity index (χ3v) is 4.88. The first-order valence-corrected chi connectivity index (χ1v) is 9.01. The predicted molar refractivity (Wildman–Crippen MR) is 103 cm³/mol. The molecule has 7 heteroatoms. The van der Waals surface area contributed by atoms with E-state index in [1.54, 1.807) is 17.4 Å². The van der Waals surface area contributed by atoms with Crippen molar-refractivity contribution in [1.82, 2.24) is 9.97 Å². The molecule has 0 spiro atoms. The molecule has 134 valence electrons. The second-order valence-electron chi connectivity index (χ2n) is 5.64. The van der Waals surface area contributed by atoms with Crippen LogP contribution in [0.5, 0.6) is 5.75 Å². The molecule has 26 heavy (non-hydrogen) atoms. The lowest BCUT2D eigenvalue weighted by Crippen LogP contribution is -2.06. The molecule has 0 saturated heterocycles. The molecule has 0 fully saturated rings. The first-order chi connectivity index (χ1) is 12.5. The van der Waals surface area contributed by atoms with Crippen LogP contribution in [0, 0.1) is 6.92 Å².